The smallest absolute Gasteiger partial charge is 0.149 e. The molecule has 1 N–H and O–H groups in total. The van der Waals surface area contributed by atoms with Gasteiger partial charge in [-0.3, -0.25) is 0 Å². The lowest BCUT2D eigenvalue weighted by Gasteiger charge is -2.09. The van der Waals surface area contributed by atoms with Crippen LogP contribution in [0.5, 0.6) is 0 Å². The predicted octanol–water partition coefficient (Wildman–Crippen LogP) is 2.59. The molecule has 0 radical (unpaired) electrons. The van der Waals surface area contributed by atoms with Crippen molar-refractivity contribution in [1.82, 2.24) is 0 Å². The van der Waals surface area contributed by atoms with Gasteiger partial charge in [0.15, 0.2) is 0 Å². The van der Waals surface area contributed by atoms with Crippen LogP contribution in [0, 0.1) is 5.82 Å². The van der Waals surface area contributed by atoms with Crippen molar-refractivity contribution in [2.45, 2.75) is 0 Å². The van der Waals surface area contributed by atoms with E-state index in [1.54, 1.807) is 0 Å². The van der Waals surface area contributed by atoms with Gasteiger partial charge in [0.25, 0.3) is 0 Å². The van der Waals surface area contributed by atoms with Crippen molar-refractivity contribution in [2.24, 2.45) is 0 Å². The fourth-order valence-electron chi connectivity index (χ4n) is 1.07. The van der Waals surface area contributed by atoms with Gasteiger partial charge in [-0.2, -0.15) is 0 Å². The molecule has 1 aromatic carbocycles. The maximum absolute atomic E-state index is 12.8. The van der Waals surface area contributed by atoms with Gasteiger partial charge in [0.05, 0.1) is 21.5 Å². The van der Waals surface area contributed by atoms with Crippen LogP contribution in [0.15, 0.2) is 12.1 Å². The summed E-state index contributed by atoms with van der Waals surface area (Å²) in [6, 6.07) is 2.21. The highest BCUT2D eigenvalue weighted by molar-refractivity contribution is 7.90. The fraction of sp³-hybridized carbons (Fsp3) is 0.333. The minimum atomic E-state index is -3.05. The first-order chi connectivity index (χ1) is 7.29. The van der Waals surface area contributed by atoms with Crippen LogP contribution in [-0.4, -0.2) is 27.0 Å². The molecule has 0 aliphatic heterocycles. The van der Waals surface area contributed by atoms with E-state index in [2.05, 4.69) is 5.32 Å². The summed E-state index contributed by atoms with van der Waals surface area (Å²) in [6.45, 7) is 0.171. The van der Waals surface area contributed by atoms with Crippen LogP contribution in [0.3, 0.4) is 0 Å². The Bertz CT molecular complexity index is 467. The third-order valence-electron chi connectivity index (χ3n) is 1.78. The average molecular weight is 286 g/mol. The van der Waals surface area contributed by atoms with Gasteiger partial charge in [-0.05, 0) is 12.1 Å². The zero-order valence-corrected chi connectivity index (χ0v) is 10.8. The number of halogens is 3. The molecule has 0 saturated heterocycles. The lowest BCUT2D eigenvalue weighted by atomic mass is 10.3. The first-order valence-electron chi connectivity index (χ1n) is 4.36. The van der Waals surface area contributed by atoms with Crippen LogP contribution in [0.1, 0.15) is 0 Å². The van der Waals surface area contributed by atoms with Crippen LogP contribution in [0.25, 0.3) is 0 Å². The second-order valence-electron chi connectivity index (χ2n) is 3.30. The molecule has 0 spiro atoms. The van der Waals surface area contributed by atoms with E-state index in [9.17, 15) is 12.8 Å². The molecule has 0 fully saturated rings. The number of benzene rings is 1. The molecular weight excluding hydrogens is 276 g/mol. The largest absolute Gasteiger partial charge is 0.382 e. The van der Waals surface area contributed by atoms with Crippen molar-refractivity contribution in [2.75, 3.05) is 23.9 Å². The zero-order chi connectivity index (χ0) is 12.3. The Morgan fingerprint density at radius 1 is 1.31 bits per heavy atom. The molecule has 0 heterocycles. The van der Waals surface area contributed by atoms with E-state index >= 15 is 0 Å². The lowest BCUT2D eigenvalue weighted by molar-refractivity contribution is 0.602. The highest BCUT2D eigenvalue weighted by Gasteiger charge is 2.09. The summed E-state index contributed by atoms with van der Waals surface area (Å²) in [6.07, 6.45) is 1.13. The van der Waals surface area contributed by atoms with Crippen LogP contribution in [-0.2, 0) is 9.84 Å². The Morgan fingerprint density at radius 3 is 2.25 bits per heavy atom. The molecule has 0 aromatic heterocycles. The summed E-state index contributed by atoms with van der Waals surface area (Å²) in [5.41, 5.74) is 0.341. The first kappa shape index (κ1) is 13.5. The van der Waals surface area contributed by atoms with Gasteiger partial charge in [-0.25, -0.2) is 12.8 Å². The first-order valence-corrected chi connectivity index (χ1v) is 7.17. The number of hydrogen-bond donors (Lipinski definition) is 1. The number of hydrogen-bond acceptors (Lipinski definition) is 3. The number of rotatable bonds is 4. The molecule has 0 amide bonds. The van der Waals surface area contributed by atoms with E-state index in [0.717, 1.165) is 18.4 Å². The van der Waals surface area contributed by atoms with Crippen molar-refractivity contribution in [3.8, 4) is 0 Å². The molecule has 1 aromatic rings. The summed E-state index contributed by atoms with van der Waals surface area (Å²) in [5.74, 6) is -0.583. The minimum absolute atomic E-state index is 0.0446. The molecule has 0 bridgehead atoms. The fourth-order valence-corrected chi connectivity index (χ4v) is 2.14. The molecule has 0 aliphatic rings. The predicted molar refractivity (Wildman–Crippen MR) is 64.6 cm³/mol. The molecule has 16 heavy (non-hydrogen) atoms. The molecular formula is C9H10Cl2FNO2S. The Labute approximate surface area is 103 Å². The number of nitrogens with one attached hydrogen (secondary N) is 1. The molecule has 7 heteroatoms. The Morgan fingerprint density at radius 2 is 1.81 bits per heavy atom. The van der Waals surface area contributed by atoms with Crippen LogP contribution < -0.4 is 5.32 Å². The van der Waals surface area contributed by atoms with Gasteiger partial charge in [-0.1, -0.05) is 23.2 Å². The van der Waals surface area contributed by atoms with E-state index in [4.69, 9.17) is 23.2 Å². The minimum Gasteiger partial charge on any atom is -0.382 e. The van der Waals surface area contributed by atoms with Crippen molar-refractivity contribution in [3.05, 3.63) is 28.0 Å². The highest BCUT2D eigenvalue weighted by Crippen LogP contribution is 2.31. The SMILES string of the molecule is CS(=O)(=O)CCNc1c(Cl)cc(F)cc1Cl. The lowest BCUT2D eigenvalue weighted by Crippen LogP contribution is -2.14. The Hall–Kier alpha value is -0.520. The molecule has 90 valence electrons. The molecule has 0 unspecified atom stereocenters. The van der Waals surface area contributed by atoms with Crippen molar-refractivity contribution >= 4 is 38.7 Å². The van der Waals surface area contributed by atoms with E-state index in [0.29, 0.717) is 5.69 Å². The molecule has 1 rings (SSSR count). The standard InChI is InChI=1S/C9H10Cl2FNO2S/c1-16(14,15)3-2-13-9-7(10)4-6(12)5-8(9)11/h4-5,13H,2-3H2,1H3. The number of sulfone groups is 1. The summed E-state index contributed by atoms with van der Waals surface area (Å²) in [7, 11) is -3.05. The normalized spacial score (nSPS) is 11.5. The molecule has 0 saturated carbocycles. The van der Waals surface area contributed by atoms with E-state index in [1.165, 1.54) is 0 Å². The zero-order valence-electron chi connectivity index (χ0n) is 8.43. The monoisotopic (exact) mass is 285 g/mol. The maximum Gasteiger partial charge on any atom is 0.149 e. The summed E-state index contributed by atoms with van der Waals surface area (Å²) in [5, 5.41) is 3.00. The van der Waals surface area contributed by atoms with Crippen LogP contribution in [0.2, 0.25) is 10.0 Å². The second kappa shape index (κ2) is 5.21. The van der Waals surface area contributed by atoms with Crippen molar-refractivity contribution in [1.29, 1.82) is 0 Å². The van der Waals surface area contributed by atoms with Crippen molar-refractivity contribution in [3.63, 3.8) is 0 Å². The van der Waals surface area contributed by atoms with Gasteiger partial charge in [0, 0.05) is 12.8 Å². The third-order valence-corrected chi connectivity index (χ3v) is 3.32. The topological polar surface area (TPSA) is 46.2 Å². The average Bonchev–Trinajstić information content (AvgIpc) is 2.07. The van der Waals surface area contributed by atoms with E-state index < -0.39 is 15.7 Å². The van der Waals surface area contributed by atoms with Gasteiger partial charge in [-0.15, -0.1) is 0 Å². The molecule has 3 nitrogen and oxygen atoms in total. The Kier molecular flexibility index (Phi) is 4.41. The van der Waals surface area contributed by atoms with Crippen LogP contribution in [0.4, 0.5) is 10.1 Å². The summed E-state index contributed by atoms with van der Waals surface area (Å²) in [4.78, 5) is 0. The van der Waals surface area contributed by atoms with Gasteiger partial charge in [0.1, 0.15) is 15.7 Å². The van der Waals surface area contributed by atoms with Crippen LogP contribution >= 0.6 is 23.2 Å². The van der Waals surface area contributed by atoms with Crippen molar-refractivity contribution < 1.29 is 12.8 Å². The van der Waals surface area contributed by atoms with E-state index in [-0.39, 0.29) is 22.3 Å². The quantitative estimate of drug-likeness (QED) is 0.925. The summed E-state index contributed by atoms with van der Waals surface area (Å²) >= 11 is 11.5. The summed E-state index contributed by atoms with van der Waals surface area (Å²) < 4.78 is 34.6. The number of anilines is 1. The van der Waals surface area contributed by atoms with Gasteiger partial charge >= 0.3 is 0 Å². The van der Waals surface area contributed by atoms with Gasteiger partial charge in [0.2, 0.25) is 0 Å². The molecule has 0 aliphatic carbocycles. The van der Waals surface area contributed by atoms with E-state index in [1.807, 2.05) is 0 Å². The van der Waals surface area contributed by atoms with Gasteiger partial charge < -0.3 is 5.32 Å². The maximum atomic E-state index is 12.8. The molecule has 0 atom stereocenters. The highest BCUT2D eigenvalue weighted by atomic mass is 35.5. The third kappa shape index (κ3) is 4.15. The Balaban J connectivity index is 2.75. The second-order valence-corrected chi connectivity index (χ2v) is 6.38.